The Morgan fingerprint density at radius 3 is 2.50 bits per heavy atom. The van der Waals surface area contributed by atoms with Gasteiger partial charge in [-0.05, 0) is 37.0 Å². The molecule has 1 saturated heterocycles. The molecule has 2 atom stereocenters. The summed E-state index contributed by atoms with van der Waals surface area (Å²) in [6, 6.07) is 7.55. The van der Waals surface area contributed by atoms with Crippen LogP contribution in [-0.4, -0.2) is 40.4 Å². The molecule has 1 aliphatic carbocycles. The second kappa shape index (κ2) is 7.89. The Balaban J connectivity index is 1.54. The molecule has 1 aromatic carbocycles. The minimum Gasteiger partial charge on any atom is -0.481 e. The third-order valence-corrected chi connectivity index (χ3v) is 5.48. The van der Waals surface area contributed by atoms with Crippen LogP contribution in [0.5, 0.6) is 0 Å². The highest BCUT2D eigenvalue weighted by atomic mass is 16.4. The molecular formula is C20H26N2O4. The van der Waals surface area contributed by atoms with Gasteiger partial charge in [0.15, 0.2) is 0 Å². The van der Waals surface area contributed by atoms with Crippen LogP contribution < -0.4 is 5.32 Å². The molecule has 26 heavy (non-hydrogen) atoms. The molecule has 1 heterocycles. The van der Waals surface area contributed by atoms with Crippen molar-refractivity contribution in [3.8, 4) is 0 Å². The quantitative estimate of drug-likeness (QED) is 0.818. The number of nitrogens with one attached hydrogen (secondary N) is 1. The summed E-state index contributed by atoms with van der Waals surface area (Å²) in [4.78, 5) is 37.6. The number of hydrogen-bond acceptors (Lipinski definition) is 3. The SMILES string of the molecule is CC(Cc1ccc(NC(=O)C2CC(=O)N(C3CCCC3)C2)cc1)C(=O)O. The second-order valence-electron chi connectivity index (χ2n) is 7.52. The van der Waals surface area contributed by atoms with E-state index in [-0.39, 0.29) is 24.2 Å². The van der Waals surface area contributed by atoms with Gasteiger partial charge in [0, 0.05) is 24.7 Å². The summed E-state index contributed by atoms with van der Waals surface area (Å²) in [5.41, 5.74) is 1.59. The lowest BCUT2D eigenvalue weighted by Gasteiger charge is -2.23. The number of nitrogens with zero attached hydrogens (tertiary/aromatic N) is 1. The Bertz CT molecular complexity index is 680. The van der Waals surface area contributed by atoms with Crippen molar-refractivity contribution in [3.63, 3.8) is 0 Å². The Morgan fingerprint density at radius 2 is 1.88 bits per heavy atom. The summed E-state index contributed by atoms with van der Waals surface area (Å²) in [5.74, 6) is -1.59. The minimum atomic E-state index is -0.819. The zero-order valence-electron chi connectivity index (χ0n) is 15.1. The number of hydrogen-bond donors (Lipinski definition) is 2. The van der Waals surface area contributed by atoms with Gasteiger partial charge < -0.3 is 15.3 Å². The van der Waals surface area contributed by atoms with Crippen molar-refractivity contribution in [2.45, 2.75) is 51.5 Å². The van der Waals surface area contributed by atoms with E-state index < -0.39 is 11.9 Å². The topological polar surface area (TPSA) is 86.7 Å². The average molecular weight is 358 g/mol. The molecular weight excluding hydrogens is 332 g/mol. The predicted molar refractivity (Wildman–Crippen MR) is 97.7 cm³/mol. The third kappa shape index (κ3) is 4.23. The summed E-state index contributed by atoms with van der Waals surface area (Å²) in [5, 5.41) is 11.9. The van der Waals surface area contributed by atoms with E-state index in [0.29, 0.717) is 24.7 Å². The van der Waals surface area contributed by atoms with Gasteiger partial charge in [0.05, 0.1) is 11.8 Å². The lowest BCUT2D eigenvalue weighted by molar-refractivity contribution is -0.141. The summed E-state index contributed by atoms with van der Waals surface area (Å²) in [6.45, 7) is 2.19. The van der Waals surface area contributed by atoms with Crippen LogP contribution in [-0.2, 0) is 20.8 Å². The molecule has 3 rings (SSSR count). The zero-order valence-corrected chi connectivity index (χ0v) is 15.1. The largest absolute Gasteiger partial charge is 0.481 e. The van der Waals surface area contributed by atoms with Crippen LogP contribution in [0.25, 0.3) is 0 Å². The number of benzene rings is 1. The number of carboxylic acid groups (broad SMARTS) is 1. The number of amides is 2. The summed E-state index contributed by atoms with van der Waals surface area (Å²) < 4.78 is 0. The van der Waals surface area contributed by atoms with Gasteiger partial charge in [0.25, 0.3) is 0 Å². The van der Waals surface area contributed by atoms with Crippen molar-refractivity contribution in [2.24, 2.45) is 11.8 Å². The Morgan fingerprint density at radius 1 is 1.23 bits per heavy atom. The second-order valence-corrected chi connectivity index (χ2v) is 7.52. The van der Waals surface area contributed by atoms with Gasteiger partial charge in [0.1, 0.15) is 0 Å². The Labute approximate surface area is 153 Å². The van der Waals surface area contributed by atoms with Crippen LogP contribution in [0, 0.1) is 11.8 Å². The number of carbonyl (C=O) groups is 3. The van der Waals surface area contributed by atoms with Crippen LogP contribution in [0.4, 0.5) is 5.69 Å². The molecule has 1 saturated carbocycles. The highest BCUT2D eigenvalue weighted by Crippen LogP contribution is 2.30. The van der Waals surface area contributed by atoms with Crippen molar-refractivity contribution >= 4 is 23.5 Å². The van der Waals surface area contributed by atoms with Gasteiger partial charge in [-0.1, -0.05) is 31.9 Å². The van der Waals surface area contributed by atoms with Crippen LogP contribution in [0.3, 0.4) is 0 Å². The van der Waals surface area contributed by atoms with Crippen molar-refractivity contribution in [2.75, 3.05) is 11.9 Å². The molecule has 6 heteroatoms. The lowest BCUT2D eigenvalue weighted by atomic mass is 10.0. The first kappa shape index (κ1) is 18.4. The van der Waals surface area contributed by atoms with E-state index >= 15 is 0 Å². The number of rotatable bonds is 6. The molecule has 1 aliphatic heterocycles. The maximum atomic E-state index is 12.5. The van der Waals surface area contributed by atoms with Gasteiger partial charge in [-0.2, -0.15) is 0 Å². The van der Waals surface area contributed by atoms with Gasteiger partial charge in [0.2, 0.25) is 11.8 Å². The third-order valence-electron chi connectivity index (χ3n) is 5.48. The summed E-state index contributed by atoms with van der Waals surface area (Å²) in [6.07, 6.45) is 5.18. The molecule has 2 aliphatic rings. The first-order valence-corrected chi connectivity index (χ1v) is 9.36. The van der Waals surface area contributed by atoms with Crippen LogP contribution in [0.2, 0.25) is 0 Å². The number of likely N-dealkylation sites (tertiary alicyclic amines) is 1. The molecule has 0 spiro atoms. The molecule has 0 radical (unpaired) electrons. The van der Waals surface area contributed by atoms with Gasteiger partial charge in [-0.15, -0.1) is 0 Å². The number of carbonyl (C=O) groups excluding carboxylic acids is 2. The molecule has 2 unspecified atom stereocenters. The lowest BCUT2D eigenvalue weighted by Crippen LogP contribution is -2.35. The molecule has 0 bridgehead atoms. The Kier molecular flexibility index (Phi) is 5.59. The van der Waals surface area contributed by atoms with Gasteiger partial charge >= 0.3 is 5.97 Å². The fourth-order valence-electron chi connectivity index (χ4n) is 3.89. The highest BCUT2D eigenvalue weighted by Gasteiger charge is 2.38. The van der Waals surface area contributed by atoms with E-state index in [1.807, 2.05) is 17.0 Å². The maximum absolute atomic E-state index is 12.5. The molecule has 2 amide bonds. The van der Waals surface area contributed by atoms with E-state index in [1.165, 1.54) is 0 Å². The molecule has 1 aromatic rings. The van der Waals surface area contributed by atoms with Crippen LogP contribution >= 0.6 is 0 Å². The van der Waals surface area contributed by atoms with E-state index in [0.717, 1.165) is 31.2 Å². The van der Waals surface area contributed by atoms with Crippen molar-refractivity contribution in [1.29, 1.82) is 0 Å². The van der Waals surface area contributed by atoms with Crippen LogP contribution in [0.15, 0.2) is 24.3 Å². The average Bonchev–Trinajstić information content (AvgIpc) is 3.25. The normalized spacial score (nSPS) is 21.8. The standard InChI is InChI=1S/C20H26N2O4/c1-13(20(25)26)10-14-6-8-16(9-7-14)21-19(24)15-11-18(23)22(12-15)17-4-2-3-5-17/h6-9,13,15,17H,2-5,10-12H2,1H3,(H,21,24)(H,25,26). The fraction of sp³-hybridized carbons (Fsp3) is 0.550. The molecule has 6 nitrogen and oxygen atoms in total. The smallest absolute Gasteiger partial charge is 0.306 e. The molecule has 140 valence electrons. The Hall–Kier alpha value is -2.37. The molecule has 0 aromatic heterocycles. The minimum absolute atomic E-state index is 0.0926. The number of aliphatic carboxylic acids is 1. The van der Waals surface area contributed by atoms with E-state index in [4.69, 9.17) is 5.11 Å². The van der Waals surface area contributed by atoms with Gasteiger partial charge in [-0.3, -0.25) is 14.4 Å². The van der Waals surface area contributed by atoms with E-state index in [2.05, 4.69) is 5.32 Å². The number of carboxylic acids is 1. The first-order valence-electron chi connectivity index (χ1n) is 9.36. The monoisotopic (exact) mass is 358 g/mol. The molecule has 2 fully saturated rings. The summed E-state index contributed by atoms with van der Waals surface area (Å²) >= 11 is 0. The van der Waals surface area contributed by atoms with E-state index in [1.54, 1.807) is 19.1 Å². The van der Waals surface area contributed by atoms with E-state index in [9.17, 15) is 14.4 Å². The molecule has 2 N–H and O–H groups in total. The highest BCUT2D eigenvalue weighted by molar-refractivity contribution is 5.97. The maximum Gasteiger partial charge on any atom is 0.306 e. The van der Waals surface area contributed by atoms with Crippen molar-refractivity contribution in [3.05, 3.63) is 29.8 Å². The number of anilines is 1. The van der Waals surface area contributed by atoms with Crippen molar-refractivity contribution in [1.82, 2.24) is 4.90 Å². The zero-order chi connectivity index (χ0) is 18.7. The summed E-state index contributed by atoms with van der Waals surface area (Å²) in [7, 11) is 0. The van der Waals surface area contributed by atoms with Crippen molar-refractivity contribution < 1.29 is 19.5 Å². The fourth-order valence-corrected chi connectivity index (χ4v) is 3.89. The van der Waals surface area contributed by atoms with Gasteiger partial charge in [-0.25, -0.2) is 0 Å². The first-order chi connectivity index (χ1) is 12.4. The van der Waals surface area contributed by atoms with Crippen LogP contribution in [0.1, 0.15) is 44.6 Å². The predicted octanol–water partition coefficient (Wildman–Crippen LogP) is 2.68.